The molecule has 0 unspecified atom stereocenters. The van der Waals surface area contributed by atoms with Crippen molar-refractivity contribution in [1.82, 2.24) is 10.2 Å². The van der Waals surface area contributed by atoms with E-state index in [1.807, 2.05) is 0 Å². The molecule has 0 aromatic carbocycles. The zero-order valence-corrected chi connectivity index (χ0v) is 10.1. The van der Waals surface area contributed by atoms with Crippen molar-refractivity contribution in [3.63, 3.8) is 0 Å². The van der Waals surface area contributed by atoms with Gasteiger partial charge < -0.3 is 5.32 Å². The number of anilines is 1. The zero-order valence-electron chi connectivity index (χ0n) is 9.33. The lowest BCUT2D eigenvalue weighted by atomic mass is 9.89. The standard InChI is InChI=1S/C11H19N3S/c1-2-10-13-14-11(15-10)12-8-9-6-4-3-5-7-9/h9H,2-8H2,1H3,(H,12,14). The Hall–Kier alpha value is -0.640. The van der Waals surface area contributed by atoms with Gasteiger partial charge in [0.05, 0.1) is 0 Å². The van der Waals surface area contributed by atoms with Crippen molar-refractivity contribution in [2.24, 2.45) is 5.92 Å². The van der Waals surface area contributed by atoms with Crippen LogP contribution in [0, 0.1) is 5.92 Å². The van der Waals surface area contributed by atoms with Crippen LogP contribution < -0.4 is 5.32 Å². The Kier molecular flexibility index (Phi) is 3.94. The average Bonchev–Trinajstić information content (AvgIpc) is 2.76. The second-order valence-electron chi connectivity index (χ2n) is 4.24. The maximum Gasteiger partial charge on any atom is 0.205 e. The maximum absolute atomic E-state index is 4.13. The highest BCUT2D eigenvalue weighted by atomic mass is 32.1. The summed E-state index contributed by atoms with van der Waals surface area (Å²) >= 11 is 1.69. The highest BCUT2D eigenvalue weighted by Gasteiger charge is 2.13. The third kappa shape index (κ3) is 3.16. The summed E-state index contributed by atoms with van der Waals surface area (Å²) in [6.07, 6.45) is 7.99. The lowest BCUT2D eigenvalue weighted by Gasteiger charge is -2.21. The Morgan fingerprint density at radius 3 is 2.73 bits per heavy atom. The summed E-state index contributed by atoms with van der Waals surface area (Å²) in [5, 5.41) is 13.8. The number of aryl methyl sites for hydroxylation is 1. The quantitative estimate of drug-likeness (QED) is 0.855. The summed E-state index contributed by atoms with van der Waals surface area (Å²) in [5.74, 6) is 0.854. The fraction of sp³-hybridized carbons (Fsp3) is 0.818. The van der Waals surface area contributed by atoms with E-state index in [1.165, 1.54) is 32.1 Å². The highest BCUT2D eigenvalue weighted by Crippen LogP contribution is 2.24. The largest absolute Gasteiger partial charge is 0.360 e. The van der Waals surface area contributed by atoms with Crippen molar-refractivity contribution >= 4 is 16.5 Å². The van der Waals surface area contributed by atoms with Gasteiger partial charge in [-0.2, -0.15) is 0 Å². The third-order valence-electron chi connectivity index (χ3n) is 3.04. The van der Waals surface area contributed by atoms with E-state index in [2.05, 4.69) is 22.4 Å². The third-order valence-corrected chi connectivity index (χ3v) is 4.06. The summed E-state index contributed by atoms with van der Waals surface area (Å²) in [6, 6.07) is 0. The molecular weight excluding hydrogens is 206 g/mol. The Morgan fingerprint density at radius 1 is 1.27 bits per heavy atom. The maximum atomic E-state index is 4.13. The van der Waals surface area contributed by atoms with Crippen molar-refractivity contribution in [3.05, 3.63) is 5.01 Å². The summed E-state index contributed by atoms with van der Waals surface area (Å²) in [6.45, 7) is 3.20. The Morgan fingerprint density at radius 2 is 2.07 bits per heavy atom. The van der Waals surface area contributed by atoms with Crippen LogP contribution in [-0.4, -0.2) is 16.7 Å². The predicted octanol–water partition coefficient (Wildman–Crippen LogP) is 3.09. The molecule has 2 rings (SSSR count). The van der Waals surface area contributed by atoms with Gasteiger partial charge in [-0.25, -0.2) is 0 Å². The van der Waals surface area contributed by atoms with Gasteiger partial charge in [0.2, 0.25) is 5.13 Å². The molecule has 0 atom stereocenters. The fourth-order valence-corrected chi connectivity index (χ4v) is 2.78. The molecule has 84 valence electrons. The number of hydrogen-bond donors (Lipinski definition) is 1. The van der Waals surface area contributed by atoms with Crippen molar-refractivity contribution < 1.29 is 0 Å². The summed E-state index contributed by atoms with van der Waals surface area (Å²) in [4.78, 5) is 0. The minimum atomic E-state index is 0.854. The molecule has 1 aromatic rings. The summed E-state index contributed by atoms with van der Waals surface area (Å²) < 4.78 is 0. The second kappa shape index (κ2) is 5.45. The van der Waals surface area contributed by atoms with Gasteiger partial charge in [-0.3, -0.25) is 0 Å². The molecule has 1 heterocycles. The molecule has 15 heavy (non-hydrogen) atoms. The minimum Gasteiger partial charge on any atom is -0.360 e. The van der Waals surface area contributed by atoms with Crippen molar-refractivity contribution in [3.8, 4) is 0 Å². The smallest absolute Gasteiger partial charge is 0.205 e. The Balaban J connectivity index is 1.76. The van der Waals surface area contributed by atoms with Gasteiger partial charge in [0, 0.05) is 6.54 Å². The first-order valence-electron chi connectivity index (χ1n) is 5.94. The van der Waals surface area contributed by atoms with Crippen LogP contribution in [0.1, 0.15) is 44.0 Å². The summed E-state index contributed by atoms with van der Waals surface area (Å²) in [5.41, 5.74) is 0. The number of nitrogens with zero attached hydrogens (tertiary/aromatic N) is 2. The molecule has 0 aliphatic heterocycles. The van der Waals surface area contributed by atoms with Crippen LogP contribution in [0.15, 0.2) is 0 Å². The van der Waals surface area contributed by atoms with Gasteiger partial charge in [-0.05, 0) is 25.2 Å². The molecule has 1 saturated carbocycles. The molecule has 0 radical (unpaired) electrons. The fourth-order valence-electron chi connectivity index (χ4n) is 2.09. The van der Waals surface area contributed by atoms with E-state index in [-0.39, 0.29) is 0 Å². The van der Waals surface area contributed by atoms with Crippen LogP contribution in [-0.2, 0) is 6.42 Å². The van der Waals surface area contributed by atoms with Gasteiger partial charge in [-0.15, -0.1) is 10.2 Å². The van der Waals surface area contributed by atoms with Crippen LogP contribution in [0.25, 0.3) is 0 Å². The SMILES string of the molecule is CCc1nnc(NCC2CCCCC2)s1. The highest BCUT2D eigenvalue weighted by molar-refractivity contribution is 7.15. The van der Waals surface area contributed by atoms with Crippen LogP contribution in [0.5, 0.6) is 0 Å². The molecule has 1 N–H and O–H groups in total. The van der Waals surface area contributed by atoms with Crippen molar-refractivity contribution in [2.45, 2.75) is 45.4 Å². The van der Waals surface area contributed by atoms with Gasteiger partial charge in [0.15, 0.2) is 0 Å². The number of hydrogen-bond acceptors (Lipinski definition) is 4. The normalized spacial score (nSPS) is 17.9. The van der Waals surface area contributed by atoms with Gasteiger partial charge in [0.1, 0.15) is 5.01 Å². The first kappa shape index (κ1) is 10.9. The number of nitrogens with one attached hydrogen (secondary N) is 1. The van der Waals surface area contributed by atoms with Crippen LogP contribution >= 0.6 is 11.3 Å². The average molecular weight is 225 g/mol. The van der Waals surface area contributed by atoms with E-state index in [0.29, 0.717) is 0 Å². The minimum absolute atomic E-state index is 0.854. The molecular formula is C11H19N3S. The van der Waals surface area contributed by atoms with Crippen molar-refractivity contribution in [1.29, 1.82) is 0 Å². The first-order valence-corrected chi connectivity index (χ1v) is 6.76. The number of aromatic nitrogens is 2. The molecule has 4 heteroatoms. The molecule has 0 saturated heterocycles. The Bertz CT molecular complexity index is 292. The second-order valence-corrected chi connectivity index (χ2v) is 5.30. The molecule has 1 aromatic heterocycles. The van der Waals surface area contributed by atoms with Crippen molar-refractivity contribution in [2.75, 3.05) is 11.9 Å². The predicted molar refractivity (Wildman–Crippen MR) is 64.4 cm³/mol. The lowest BCUT2D eigenvalue weighted by Crippen LogP contribution is -2.16. The molecule has 1 fully saturated rings. The van der Waals surface area contributed by atoms with Gasteiger partial charge in [-0.1, -0.05) is 37.5 Å². The molecule has 0 amide bonds. The topological polar surface area (TPSA) is 37.8 Å². The monoisotopic (exact) mass is 225 g/mol. The molecule has 3 nitrogen and oxygen atoms in total. The summed E-state index contributed by atoms with van der Waals surface area (Å²) in [7, 11) is 0. The Labute approximate surface area is 95.3 Å². The first-order chi connectivity index (χ1) is 7.38. The zero-order chi connectivity index (χ0) is 10.5. The van der Waals surface area contributed by atoms with E-state index < -0.39 is 0 Å². The molecule has 1 aliphatic rings. The van der Waals surface area contributed by atoms with E-state index in [1.54, 1.807) is 11.3 Å². The van der Waals surface area contributed by atoms with Gasteiger partial charge in [0.25, 0.3) is 0 Å². The van der Waals surface area contributed by atoms with E-state index >= 15 is 0 Å². The molecule has 1 aliphatic carbocycles. The van der Waals surface area contributed by atoms with Crippen LogP contribution in [0.4, 0.5) is 5.13 Å². The van der Waals surface area contributed by atoms with E-state index in [0.717, 1.165) is 29.0 Å². The van der Waals surface area contributed by atoms with Crippen LogP contribution in [0.3, 0.4) is 0 Å². The molecule has 0 spiro atoms. The molecule has 0 bridgehead atoms. The number of rotatable bonds is 4. The lowest BCUT2D eigenvalue weighted by molar-refractivity contribution is 0.373. The van der Waals surface area contributed by atoms with E-state index in [4.69, 9.17) is 0 Å². The van der Waals surface area contributed by atoms with Crippen LogP contribution in [0.2, 0.25) is 0 Å². The van der Waals surface area contributed by atoms with Gasteiger partial charge >= 0.3 is 0 Å². The van der Waals surface area contributed by atoms with E-state index in [9.17, 15) is 0 Å².